The van der Waals surface area contributed by atoms with Crippen molar-refractivity contribution in [1.82, 2.24) is 10.6 Å². The van der Waals surface area contributed by atoms with Crippen molar-refractivity contribution in [3.63, 3.8) is 0 Å². The van der Waals surface area contributed by atoms with Crippen LogP contribution in [0.4, 0.5) is 0 Å². The van der Waals surface area contributed by atoms with Crippen LogP contribution in [0.5, 0.6) is 0 Å². The summed E-state index contributed by atoms with van der Waals surface area (Å²) in [5.41, 5.74) is 0. The first-order valence-electron chi connectivity index (χ1n) is 4.82. The van der Waals surface area contributed by atoms with Crippen molar-refractivity contribution in [2.75, 3.05) is 19.6 Å². The molecule has 1 heterocycles. The smallest absolute Gasteiger partial charge is 0.0195 e. The molecule has 1 aliphatic heterocycles. The summed E-state index contributed by atoms with van der Waals surface area (Å²) in [4.78, 5) is 0. The molecule has 0 aromatic heterocycles. The van der Waals surface area contributed by atoms with Gasteiger partial charge in [0.1, 0.15) is 0 Å². The third-order valence-corrected chi connectivity index (χ3v) is 2.14. The van der Waals surface area contributed by atoms with Crippen molar-refractivity contribution in [1.29, 1.82) is 0 Å². The first-order chi connectivity index (χ1) is 5.93. The summed E-state index contributed by atoms with van der Waals surface area (Å²) in [6.45, 7) is 7.11. The van der Waals surface area contributed by atoms with Crippen molar-refractivity contribution in [3.8, 4) is 0 Å². The van der Waals surface area contributed by atoms with Crippen LogP contribution in [-0.2, 0) is 0 Å². The highest BCUT2D eigenvalue weighted by Gasteiger charge is 2.09. The average Bonchev–Trinajstić information content (AvgIpc) is 2.14. The molecule has 0 bridgehead atoms. The zero-order valence-corrected chi connectivity index (χ0v) is 7.68. The minimum Gasteiger partial charge on any atom is -0.314 e. The summed E-state index contributed by atoms with van der Waals surface area (Å²) in [5, 5.41) is 6.86. The maximum atomic E-state index is 3.76. The number of allylic oxidation sites excluding steroid dienone is 2. The van der Waals surface area contributed by atoms with E-state index in [0.29, 0.717) is 6.04 Å². The van der Waals surface area contributed by atoms with Crippen molar-refractivity contribution in [2.24, 2.45) is 0 Å². The molecule has 0 aromatic carbocycles. The van der Waals surface area contributed by atoms with E-state index in [0.717, 1.165) is 26.1 Å². The first-order valence-corrected chi connectivity index (χ1v) is 4.82. The second kappa shape index (κ2) is 6.21. The summed E-state index contributed by atoms with van der Waals surface area (Å²) >= 11 is 0. The number of hydrogen-bond acceptors (Lipinski definition) is 2. The molecule has 0 spiro atoms. The van der Waals surface area contributed by atoms with Gasteiger partial charge in [0.2, 0.25) is 0 Å². The molecule has 2 N–H and O–H groups in total. The molecule has 0 amide bonds. The zero-order chi connectivity index (χ0) is 8.65. The molecule has 1 saturated heterocycles. The Balaban J connectivity index is 2.01. The van der Waals surface area contributed by atoms with E-state index in [1.807, 2.05) is 0 Å². The Morgan fingerprint density at radius 1 is 1.33 bits per heavy atom. The van der Waals surface area contributed by atoms with E-state index in [4.69, 9.17) is 0 Å². The maximum absolute atomic E-state index is 3.76. The van der Waals surface area contributed by atoms with Gasteiger partial charge >= 0.3 is 0 Å². The highest BCUT2D eigenvalue weighted by Crippen LogP contribution is 1.99. The van der Waals surface area contributed by atoms with Crippen LogP contribution in [-0.4, -0.2) is 25.7 Å². The zero-order valence-electron chi connectivity index (χ0n) is 7.68. The Bertz CT molecular complexity index is 126. The fourth-order valence-electron chi connectivity index (χ4n) is 1.45. The average molecular weight is 167 g/mol. The molecule has 0 saturated carbocycles. The van der Waals surface area contributed by atoms with Gasteiger partial charge in [-0.3, -0.25) is 0 Å². The van der Waals surface area contributed by atoms with Crippen molar-refractivity contribution in [2.45, 2.75) is 25.3 Å². The summed E-state index contributed by atoms with van der Waals surface area (Å²) in [6.07, 6.45) is 7.69. The lowest BCUT2D eigenvalue weighted by Crippen LogP contribution is -2.48. The molecule has 12 heavy (non-hydrogen) atoms. The van der Waals surface area contributed by atoms with E-state index in [9.17, 15) is 0 Å². The summed E-state index contributed by atoms with van der Waals surface area (Å²) in [7, 11) is 0. The third-order valence-electron chi connectivity index (χ3n) is 2.14. The molecule has 1 atom stereocenters. The lowest BCUT2D eigenvalue weighted by atomic mass is 10.1. The summed E-state index contributed by atoms with van der Waals surface area (Å²) in [5.74, 6) is 0. The Labute approximate surface area is 75.4 Å². The summed E-state index contributed by atoms with van der Waals surface area (Å²) in [6, 6.07) is 0.674. The van der Waals surface area contributed by atoms with Crippen LogP contribution >= 0.6 is 0 Å². The molecular weight excluding hydrogens is 148 g/mol. The first kappa shape index (κ1) is 9.75. The van der Waals surface area contributed by atoms with Crippen molar-refractivity contribution < 1.29 is 0 Å². The highest BCUT2D eigenvalue weighted by molar-refractivity contribution is 4.85. The molecule has 1 radical (unpaired) electrons. The largest absolute Gasteiger partial charge is 0.314 e. The van der Waals surface area contributed by atoms with Gasteiger partial charge in [-0.1, -0.05) is 12.2 Å². The van der Waals surface area contributed by atoms with Gasteiger partial charge in [0.25, 0.3) is 0 Å². The molecule has 0 aliphatic carbocycles. The fraction of sp³-hybridized carbons (Fsp3) is 0.700. The quantitative estimate of drug-likeness (QED) is 0.613. The predicted octanol–water partition coefficient (Wildman–Crippen LogP) is 1.11. The second-order valence-electron chi connectivity index (χ2n) is 3.19. The topological polar surface area (TPSA) is 24.1 Å². The standard InChI is InChI=1S/C10H19N2/c1-2-3-4-5-6-10-9-11-7-8-12-10/h3-4,10-12H,1-2,5-9H2. The third kappa shape index (κ3) is 3.88. The van der Waals surface area contributed by atoms with E-state index in [1.54, 1.807) is 0 Å². The molecule has 0 aromatic rings. The lowest BCUT2D eigenvalue weighted by Gasteiger charge is -2.23. The Morgan fingerprint density at radius 3 is 2.92 bits per heavy atom. The normalized spacial score (nSPS) is 24.9. The fourth-order valence-corrected chi connectivity index (χ4v) is 1.45. The molecule has 1 aliphatic rings. The van der Waals surface area contributed by atoms with Crippen LogP contribution in [0.15, 0.2) is 12.2 Å². The van der Waals surface area contributed by atoms with Gasteiger partial charge in [0, 0.05) is 25.7 Å². The van der Waals surface area contributed by atoms with Gasteiger partial charge in [0.05, 0.1) is 0 Å². The number of nitrogens with one attached hydrogen (secondary N) is 2. The van der Waals surface area contributed by atoms with E-state index in [1.165, 1.54) is 12.8 Å². The van der Waals surface area contributed by atoms with Gasteiger partial charge in [-0.2, -0.15) is 0 Å². The number of piperazine rings is 1. The minimum absolute atomic E-state index is 0.674. The van der Waals surface area contributed by atoms with Crippen molar-refractivity contribution in [3.05, 3.63) is 19.1 Å². The van der Waals surface area contributed by atoms with E-state index in [-0.39, 0.29) is 0 Å². The molecule has 1 rings (SSSR count). The van der Waals surface area contributed by atoms with Gasteiger partial charge < -0.3 is 10.6 Å². The molecule has 1 fully saturated rings. The summed E-state index contributed by atoms with van der Waals surface area (Å²) < 4.78 is 0. The number of hydrogen-bond donors (Lipinski definition) is 2. The van der Waals surface area contributed by atoms with E-state index in [2.05, 4.69) is 29.7 Å². The predicted molar refractivity (Wildman–Crippen MR) is 53.0 cm³/mol. The second-order valence-corrected chi connectivity index (χ2v) is 3.19. The van der Waals surface area contributed by atoms with Crippen LogP contribution in [0.3, 0.4) is 0 Å². The van der Waals surface area contributed by atoms with E-state index >= 15 is 0 Å². The van der Waals surface area contributed by atoms with Crippen LogP contribution in [0.25, 0.3) is 0 Å². The molecular formula is C10H19N2. The Hall–Kier alpha value is -0.340. The van der Waals surface area contributed by atoms with Gasteiger partial charge in [-0.05, 0) is 26.2 Å². The lowest BCUT2D eigenvalue weighted by molar-refractivity contribution is 0.401. The van der Waals surface area contributed by atoms with Crippen LogP contribution in [0.2, 0.25) is 0 Å². The van der Waals surface area contributed by atoms with Gasteiger partial charge in [-0.25, -0.2) is 0 Å². The minimum atomic E-state index is 0.674. The molecule has 69 valence electrons. The van der Waals surface area contributed by atoms with Crippen LogP contribution < -0.4 is 10.6 Å². The Kier molecular flexibility index (Phi) is 5.04. The maximum Gasteiger partial charge on any atom is 0.0195 e. The SMILES string of the molecule is [CH2]CC=CCCC1CNCCN1. The molecule has 2 nitrogen and oxygen atoms in total. The van der Waals surface area contributed by atoms with Crippen LogP contribution in [0, 0.1) is 6.92 Å². The molecule has 1 unspecified atom stereocenters. The van der Waals surface area contributed by atoms with Gasteiger partial charge in [-0.15, -0.1) is 0 Å². The molecule has 2 heteroatoms. The van der Waals surface area contributed by atoms with Crippen LogP contribution in [0.1, 0.15) is 19.3 Å². The Morgan fingerprint density at radius 2 is 2.25 bits per heavy atom. The highest BCUT2D eigenvalue weighted by atomic mass is 15.0. The monoisotopic (exact) mass is 167 g/mol. The van der Waals surface area contributed by atoms with Gasteiger partial charge in [0.15, 0.2) is 0 Å². The van der Waals surface area contributed by atoms with Crippen molar-refractivity contribution >= 4 is 0 Å². The number of rotatable bonds is 4. The van der Waals surface area contributed by atoms with E-state index < -0.39 is 0 Å².